The van der Waals surface area contributed by atoms with Crippen molar-refractivity contribution in [2.45, 2.75) is 32.7 Å². The van der Waals surface area contributed by atoms with Crippen molar-refractivity contribution < 1.29 is 17.9 Å². The molecular formula is C21H28F3N5O. The first kappa shape index (κ1) is 22.1. The highest BCUT2D eigenvalue weighted by Crippen LogP contribution is 2.31. The third-order valence-corrected chi connectivity index (χ3v) is 4.96. The molecule has 2 aromatic rings. The van der Waals surface area contributed by atoms with Crippen LogP contribution < -0.4 is 5.32 Å². The fraction of sp³-hybridized carbons (Fsp3) is 0.524. The third kappa shape index (κ3) is 5.98. The Morgan fingerprint density at radius 2 is 2.07 bits per heavy atom. The Bertz CT molecular complexity index is 835. The number of nitrogens with one attached hydrogen (secondary N) is 1. The van der Waals surface area contributed by atoms with Gasteiger partial charge < -0.3 is 15.0 Å². The normalized spacial score (nSPS) is 17.6. The number of halogens is 3. The first-order chi connectivity index (χ1) is 14.4. The van der Waals surface area contributed by atoms with E-state index in [-0.39, 0.29) is 12.1 Å². The molecule has 164 valence electrons. The van der Waals surface area contributed by atoms with Crippen LogP contribution in [-0.4, -0.2) is 46.9 Å². The molecule has 9 heteroatoms. The van der Waals surface area contributed by atoms with E-state index in [9.17, 15) is 13.2 Å². The van der Waals surface area contributed by atoms with Crippen LogP contribution in [0.5, 0.6) is 0 Å². The molecule has 1 fully saturated rings. The highest BCUT2D eigenvalue weighted by molar-refractivity contribution is 5.80. The van der Waals surface area contributed by atoms with Crippen LogP contribution >= 0.6 is 0 Å². The number of aliphatic imine (C=N–C) groups is 1. The van der Waals surface area contributed by atoms with Gasteiger partial charge in [0.15, 0.2) is 11.7 Å². The predicted octanol–water partition coefficient (Wildman–Crippen LogP) is 3.44. The molecule has 0 aliphatic carbocycles. The molecule has 2 heterocycles. The van der Waals surface area contributed by atoms with Gasteiger partial charge in [0.1, 0.15) is 0 Å². The second-order valence-corrected chi connectivity index (χ2v) is 7.45. The van der Waals surface area contributed by atoms with Gasteiger partial charge in [-0.1, -0.05) is 30.3 Å². The van der Waals surface area contributed by atoms with Crippen molar-refractivity contribution in [2.75, 3.05) is 26.2 Å². The van der Waals surface area contributed by atoms with E-state index < -0.39 is 11.9 Å². The number of likely N-dealkylation sites (tertiary alicyclic amines) is 1. The summed E-state index contributed by atoms with van der Waals surface area (Å²) in [5, 5.41) is 6.73. The Hall–Kier alpha value is -2.55. The molecule has 1 aliphatic heterocycles. The van der Waals surface area contributed by atoms with Gasteiger partial charge in [-0.25, -0.2) is 4.99 Å². The molecule has 1 atom stereocenters. The number of hydrogen-bond donors (Lipinski definition) is 1. The lowest BCUT2D eigenvalue weighted by Gasteiger charge is -2.21. The standard InChI is InChI=1S/C21H28F3N5O/c1-3-25-20(26-11-18-13-28(2)27-19(18)21(22,23)24)29-10-9-17(12-29)15-30-14-16-7-5-4-6-8-16/h4-8,13,17H,3,9-12,14-15H2,1-2H3,(H,25,26). The van der Waals surface area contributed by atoms with Gasteiger partial charge in [-0.05, 0) is 18.9 Å². The van der Waals surface area contributed by atoms with Crippen LogP contribution in [0.4, 0.5) is 13.2 Å². The molecule has 0 radical (unpaired) electrons. The summed E-state index contributed by atoms with van der Waals surface area (Å²) in [4.78, 5) is 6.54. The van der Waals surface area contributed by atoms with E-state index in [0.29, 0.717) is 31.6 Å². The van der Waals surface area contributed by atoms with Crippen LogP contribution in [-0.2, 0) is 31.1 Å². The van der Waals surface area contributed by atoms with Crippen LogP contribution in [0.25, 0.3) is 0 Å². The molecule has 1 aliphatic rings. The maximum absolute atomic E-state index is 13.2. The lowest BCUT2D eigenvalue weighted by Crippen LogP contribution is -2.40. The Kier molecular flexibility index (Phi) is 7.36. The maximum atomic E-state index is 13.2. The van der Waals surface area contributed by atoms with Gasteiger partial charge in [-0.3, -0.25) is 4.68 Å². The Balaban J connectivity index is 1.57. The van der Waals surface area contributed by atoms with Crippen molar-refractivity contribution in [2.24, 2.45) is 18.0 Å². The first-order valence-electron chi connectivity index (χ1n) is 10.1. The molecular weight excluding hydrogens is 395 g/mol. The summed E-state index contributed by atoms with van der Waals surface area (Å²) in [5.74, 6) is 0.988. The highest BCUT2D eigenvalue weighted by atomic mass is 19.4. The Morgan fingerprint density at radius 3 is 2.77 bits per heavy atom. The smallest absolute Gasteiger partial charge is 0.376 e. The zero-order chi connectivity index (χ0) is 21.6. The van der Waals surface area contributed by atoms with Gasteiger partial charge in [-0.2, -0.15) is 18.3 Å². The average molecular weight is 423 g/mol. The molecule has 1 N–H and O–H groups in total. The predicted molar refractivity (Wildman–Crippen MR) is 109 cm³/mol. The Morgan fingerprint density at radius 1 is 1.30 bits per heavy atom. The maximum Gasteiger partial charge on any atom is 0.435 e. The third-order valence-electron chi connectivity index (χ3n) is 4.96. The van der Waals surface area contributed by atoms with E-state index in [2.05, 4.69) is 20.3 Å². The van der Waals surface area contributed by atoms with E-state index in [1.54, 1.807) is 0 Å². The summed E-state index contributed by atoms with van der Waals surface area (Å²) in [6.07, 6.45) is -2.15. The largest absolute Gasteiger partial charge is 0.435 e. The molecule has 1 aromatic carbocycles. The molecule has 0 bridgehead atoms. The van der Waals surface area contributed by atoms with E-state index in [1.165, 1.54) is 17.9 Å². The van der Waals surface area contributed by atoms with E-state index in [1.807, 2.05) is 37.3 Å². The van der Waals surface area contributed by atoms with Crippen LogP contribution in [0.15, 0.2) is 41.5 Å². The number of aryl methyl sites for hydroxylation is 1. The molecule has 1 aromatic heterocycles. The fourth-order valence-corrected chi connectivity index (χ4v) is 3.56. The van der Waals surface area contributed by atoms with Gasteiger partial charge in [0.2, 0.25) is 0 Å². The topological polar surface area (TPSA) is 54.7 Å². The number of alkyl halides is 3. The Labute approximate surface area is 174 Å². The number of ether oxygens (including phenoxy) is 1. The van der Waals surface area contributed by atoms with Crippen molar-refractivity contribution in [1.82, 2.24) is 20.0 Å². The van der Waals surface area contributed by atoms with Crippen molar-refractivity contribution in [3.8, 4) is 0 Å². The summed E-state index contributed by atoms with van der Waals surface area (Å²) in [7, 11) is 1.48. The number of hydrogen-bond acceptors (Lipinski definition) is 3. The monoisotopic (exact) mass is 423 g/mol. The lowest BCUT2D eigenvalue weighted by molar-refractivity contribution is -0.142. The van der Waals surface area contributed by atoms with Crippen LogP contribution in [0.3, 0.4) is 0 Å². The molecule has 30 heavy (non-hydrogen) atoms. The van der Waals surface area contributed by atoms with Crippen molar-refractivity contribution >= 4 is 5.96 Å². The van der Waals surface area contributed by atoms with Gasteiger partial charge in [-0.15, -0.1) is 0 Å². The van der Waals surface area contributed by atoms with Crippen molar-refractivity contribution in [3.05, 3.63) is 53.3 Å². The van der Waals surface area contributed by atoms with E-state index in [4.69, 9.17) is 4.74 Å². The van der Waals surface area contributed by atoms with E-state index in [0.717, 1.165) is 25.1 Å². The number of rotatable bonds is 7. The molecule has 6 nitrogen and oxygen atoms in total. The highest BCUT2D eigenvalue weighted by Gasteiger charge is 2.37. The molecule has 1 saturated heterocycles. The molecule has 1 unspecified atom stereocenters. The SMILES string of the molecule is CCNC(=NCc1cn(C)nc1C(F)(F)F)N1CCC(COCc2ccccc2)C1. The molecule has 0 spiro atoms. The van der Waals surface area contributed by atoms with Crippen LogP contribution in [0.1, 0.15) is 30.2 Å². The average Bonchev–Trinajstić information content (AvgIpc) is 3.32. The molecule has 0 saturated carbocycles. The quantitative estimate of drug-likeness (QED) is 0.548. The minimum absolute atomic E-state index is 0.0716. The summed E-state index contributed by atoms with van der Waals surface area (Å²) >= 11 is 0. The van der Waals surface area contributed by atoms with Gasteiger partial charge in [0.05, 0.1) is 19.8 Å². The van der Waals surface area contributed by atoms with Gasteiger partial charge in [0.25, 0.3) is 0 Å². The van der Waals surface area contributed by atoms with Crippen molar-refractivity contribution in [3.63, 3.8) is 0 Å². The van der Waals surface area contributed by atoms with Gasteiger partial charge >= 0.3 is 6.18 Å². The first-order valence-corrected chi connectivity index (χ1v) is 10.1. The summed E-state index contributed by atoms with van der Waals surface area (Å²) < 4.78 is 46.5. The minimum atomic E-state index is -4.49. The second-order valence-electron chi connectivity index (χ2n) is 7.45. The van der Waals surface area contributed by atoms with Crippen LogP contribution in [0.2, 0.25) is 0 Å². The van der Waals surface area contributed by atoms with Crippen LogP contribution in [0, 0.1) is 5.92 Å². The summed E-state index contributed by atoms with van der Waals surface area (Å²) in [6.45, 7) is 5.29. The zero-order valence-corrected chi connectivity index (χ0v) is 17.3. The summed E-state index contributed by atoms with van der Waals surface area (Å²) in [6, 6.07) is 10.0. The number of guanidine groups is 1. The number of nitrogens with zero attached hydrogens (tertiary/aromatic N) is 4. The summed E-state index contributed by atoms with van der Waals surface area (Å²) in [5.41, 5.74) is 0.333. The van der Waals surface area contributed by atoms with Crippen molar-refractivity contribution in [1.29, 1.82) is 0 Å². The zero-order valence-electron chi connectivity index (χ0n) is 17.3. The van der Waals surface area contributed by atoms with E-state index >= 15 is 0 Å². The molecule has 0 amide bonds. The number of benzene rings is 1. The van der Waals surface area contributed by atoms with Gasteiger partial charge in [0, 0.05) is 44.4 Å². The lowest BCUT2D eigenvalue weighted by atomic mass is 10.1. The second kappa shape index (κ2) is 9.97. The number of aromatic nitrogens is 2. The molecule has 3 rings (SSSR count). The fourth-order valence-electron chi connectivity index (χ4n) is 3.56. The minimum Gasteiger partial charge on any atom is -0.376 e.